The molecule has 7 nitrogen and oxygen atoms in total. The van der Waals surface area contributed by atoms with Gasteiger partial charge in [-0.2, -0.15) is 0 Å². The Hall–Kier alpha value is -1.18. The molecule has 0 aromatic heterocycles. The molecule has 0 spiro atoms. The van der Waals surface area contributed by atoms with Crippen molar-refractivity contribution in [1.82, 2.24) is 0 Å². The lowest BCUT2D eigenvalue weighted by atomic mass is 10.1. The molecular formula is C37H76N2O5+2. The molecule has 0 saturated heterocycles. The molecule has 0 aromatic carbocycles. The highest BCUT2D eigenvalue weighted by molar-refractivity contribution is 5.69. The molecule has 0 aliphatic heterocycles. The van der Waals surface area contributed by atoms with Gasteiger partial charge in [0.1, 0.15) is 13.1 Å². The van der Waals surface area contributed by atoms with E-state index in [1.54, 1.807) is 0 Å². The maximum absolute atomic E-state index is 11.9. The highest BCUT2D eigenvalue weighted by atomic mass is 16.5. The molecule has 1 N–H and O–H groups in total. The molecule has 0 aliphatic rings. The Balaban J connectivity index is 3.81. The largest absolute Gasteiger partial charge is 0.466 e. The predicted molar refractivity (Wildman–Crippen MR) is 185 cm³/mol. The second-order valence-corrected chi connectivity index (χ2v) is 14.6. The van der Waals surface area contributed by atoms with Crippen LogP contribution in [-0.2, 0) is 19.1 Å². The summed E-state index contributed by atoms with van der Waals surface area (Å²) >= 11 is 0. The number of carbonyl (C=O) groups excluding carboxylic acids is 2. The Morgan fingerprint density at radius 3 is 1.20 bits per heavy atom. The highest BCUT2D eigenvalue weighted by Gasteiger charge is 2.26. The lowest BCUT2D eigenvalue weighted by Crippen LogP contribution is -2.53. The summed E-state index contributed by atoms with van der Waals surface area (Å²) in [6, 6.07) is 0. The topological polar surface area (TPSA) is 72.8 Å². The molecule has 44 heavy (non-hydrogen) atoms. The quantitative estimate of drug-likeness (QED) is 0.0462. The SMILES string of the molecule is CCCCCCCCC(=O)OCCCCCC[N+](C)(C)CC(O)C[N+](C)(C)CCCCCCOC(=O)CCCCCCCC. The number of aliphatic hydroxyl groups is 1. The lowest BCUT2D eigenvalue weighted by Gasteiger charge is -2.36. The van der Waals surface area contributed by atoms with E-state index in [2.05, 4.69) is 42.0 Å². The lowest BCUT2D eigenvalue weighted by molar-refractivity contribution is -0.914. The Bertz CT molecular complexity index is 627. The summed E-state index contributed by atoms with van der Waals surface area (Å²) in [7, 11) is 8.86. The van der Waals surface area contributed by atoms with Crippen LogP contribution in [0.3, 0.4) is 0 Å². The number of esters is 2. The van der Waals surface area contributed by atoms with Crippen LogP contribution in [0.5, 0.6) is 0 Å². The van der Waals surface area contributed by atoms with E-state index in [1.165, 1.54) is 51.4 Å². The number of ether oxygens (including phenoxy) is 2. The van der Waals surface area contributed by atoms with Crippen LogP contribution >= 0.6 is 0 Å². The third kappa shape index (κ3) is 29.5. The van der Waals surface area contributed by atoms with Gasteiger partial charge in [0.25, 0.3) is 0 Å². The summed E-state index contributed by atoms with van der Waals surface area (Å²) in [5, 5.41) is 10.9. The fourth-order valence-electron chi connectivity index (χ4n) is 5.99. The van der Waals surface area contributed by atoms with Gasteiger partial charge in [-0.1, -0.05) is 78.1 Å². The van der Waals surface area contributed by atoms with E-state index in [0.29, 0.717) is 26.1 Å². The second kappa shape index (κ2) is 28.1. The average molecular weight is 629 g/mol. The van der Waals surface area contributed by atoms with Crippen molar-refractivity contribution < 1.29 is 33.1 Å². The van der Waals surface area contributed by atoms with Gasteiger partial charge in [-0.3, -0.25) is 9.59 Å². The van der Waals surface area contributed by atoms with Crippen LogP contribution in [0.4, 0.5) is 0 Å². The molecule has 0 atom stereocenters. The number of hydrogen-bond donors (Lipinski definition) is 1. The third-order valence-corrected chi connectivity index (χ3v) is 8.72. The average Bonchev–Trinajstić information content (AvgIpc) is 2.94. The molecule has 0 aliphatic carbocycles. The molecule has 0 bridgehead atoms. The predicted octanol–water partition coefficient (Wildman–Crippen LogP) is 8.21. The van der Waals surface area contributed by atoms with Crippen LogP contribution in [0.15, 0.2) is 0 Å². The van der Waals surface area contributed by atoms with Crippen molar-refractivity contribution in [3.05, 3.63) is 0 Å². The van der Waals surface area contributed by atoms with Gasteiger partial charge in [-0.05, 0) is 64.2 Å². The number of quaternary nitrogens is 2. The molecule has 0 saturated carbocycles. The zero-order valence-corrected chi connectivity index (χ0v) is 30.4. The molecule has 0 radical (unpaired) electrons. The first-order chi connectivity index (χ1) is 21.0. The van der Waals surface area contributed by atoms with Crippen molar-refractivity contribution in [2.24, 2.45) is 0 Å². The van der Waals surface area contributed by atoms with Crippen LogP contribution in [0, 0.1) is 0 Å². The highest BCUT2D eigenvalue weighted by Crippen LogP contribution is 2.13. The van der Waals surface area contributed by atoms with Gasteiger partial charge in [0.15, 0.2) is 6.10 Å². The number of likely N-dealkylation sites (N-methyl/N-ethyl adjacent to an activating group) is 2. The van der Waals surface area contributed by atoms with Crippen molar-refractivity contribution in [1.29, 1.82) is 0 Å². The van der Waals surface area contributed by atoms with E-state index in [0.717, 1.165) is 112 Å². The second-order valence-electron chi connectivity index (χ2n) is 14.6. The van der Waals surface area contributed by atoms with Crippen molar-refractivity contribution in [3.63, 3.8) is 0 Å². The van der Waals surface area contributed by atoms with Crippen molar-refractivity contribution in [2.75, 3.05) is 67.6 Å². The maximum atomic E-state index is 11.9. The third-order valence-electron chi connectivity index (χ3n) is 8.72. The maximum Gasteiger partial charge on any atom is 0.305 e. The van der Waals surface area contributed by atoms with Gasteiger partial charge in [0.2, 0.25) is 0 Å². The number of aliphatic hydroxyl groups excluding tert-OH is 1. The molecule has 0 aromatic rings. The summed E-state index contributed by atoms with van der Waals surface area (Å²) < 4.78 is 12.5. The fourth-order valence-corrected chi connectivity index (χ4v) is 5.99. The van der Waals surface area contributed by atoms with E-state index in [1.807, 2.05) is 0 Å². The van der Waals surface area contributed by atoms with Gasteiger partial charge in [0, 0.05) is 12.8 Å². The minimum Gasteiger partial charge on any atom is -0.466 e. The van der Waals surface area contributed by atoms with Crippen LogP contribution in [0.1, 0.15) is 155 Å². The molecular weight excluding hydrogens is 552 g/mol. The van der Waals surface area contributed by atoms with Gasteiger partial charge in [-0.25, -0.2) is 0 Å². The number of nitrogens with zero attached hydrogens (tertiary/aromatic N) is 2. The van der Waals surface area contributed by atoms with Gasteiger partial charge >= 0.3 is 11.9 Å². The van der Waals surface area contributed by atoms with Crippen LogP contribution in [0.25, 0.3) is 0 Å². The summed E-state index contributed by atoms with van der Waals surface area (Å²) in [5.74, 6) is -0.0736. The minimum atomic E-state index is -0.322. The van der Waals surface area contributed by atoms with Gasteiger partial charge in [-0.15, -0.1) is 0 Å². The summed E-state index contributed by atoms with van der Waals surface area (Å²) in [6.45, 7) is 9.16. The standard InChI is InChI=1S/C37H76N2O5/c1-7-9-11-13-15-21-27-36(41)43-31-25-19-17-23-29-38(3,4)33-35(40)34-39(5,6)30-24-18-20-26-32-44-37(42)28-22-16-14-12-10-8-2/h35,40H,7-34H2,1-6H3/q+2. The van der Waals surface area contributed by atoms with Crippen LogP contribution in [-0.4, -0.2) is 99.7 Å². The first-order valence-corrected chi connectivity index (χ1v) is 18.6. The van der Waals surface area contributed by atoms with E-state index in [4.69, 9.17) is 9.47 Å². The zero-order valence-electron chi connectivity index (χ0n) is 30.4. The summed E-state index contributed by atoms with van der Waals surface area (Å²) in [6.07, 6.45) is 23.6. The fraction of sp³-hybridized carbons (Fsp3) is 0.946. The molecule has 7 heteroatoms. The first kappa shape index (κ1) is 42.8. The zero-order chi connectivity index (χ0) is 32.9. The molecule has 0 heterocycles. The molecule has 0 unspecified atom stereocenters. The Morgan fingerprint density at radius 2 is 0.818 bits per heavy atom. The van der Waals surface area contributed by atoms with Crippen molar-refractivity contribution >= 4 is 11.9 Å². The monoisotopic (exact) mass is 629 g/mol. The molecule has 0 fully saturated rings. The van der Waals surface area contributed by atoms with E-state index >= 15 is 0 Å². The van der Waals surface area contributed by atoms with Crippen LogP contribution < -0.4 is 0 Å². The molecule has 0 amide bonds. The van der Waals surface area contributed by atoms with E-state index in [-0.39, 0.29) is 18.0 Å². The van der Waals surface area contributed by atoms with Crippen molar-refractivity contribution in [3.8, 4) is 0 Å². The number of rotatable bonds is 32. The van der Waals surface area contributed by atoms with Gasteiger partial charge < -0.3 is 23.5 Å². The summed E-state index contributed by atoms with van der Waals surface area (Å²) in [5.41, 5.74) is 0. The first-order valence-electron chi connectivity index (χ1n) is 18.6. The number of hydrogen-bond acceptors (Lipinski definition) is 5. The number of unbranched alkanes of at least 4 members (excludes halogenated alkanes) is 16. The Morgan fingerprint density at radius 1 is 0.500 bits per heavy atom. The van der Waals surface area contributed by atoms with Crippen molar-refractivity contribution in [2.45, 2.75) is 161 Å². The van der Waals surface area contributed by atoms with E-state index in [9.17, 15) is 14.7 Å². The molecule has 262 valence electrons. The number of carbonyl (C=O) groups is 2. The minimum absolute atomic E-state index is 0.0368. The van der Waals surface area contributed by atoms with E-state index < -0.39 is 0 Å². The van der Waals surface area contributed by atoms with Crippen LogP contribution in [0.2, 0.25) is 0 Å². The normalized spacial score (nSPS) is 12.2. The Labute approximate surface area is 273 Å². The molecule has 0 rings (SSSR count). The Kier molecular flexibility index (Phi) is 27.3. The summed E-state index contributed by atoms with van der Waals surface area (Å²) in [4.78, 5) is 23.8. The smallest absolute Gasteiger partial charge is 0.305 e. The van der Waals surface area contributed by atoms with Gasteiger partial charge in [0.05, 0.1) is 54.5 Å².